The zero-order valence-electron chi connectivity index (χ0n) is 8.44. The minimum atomic E-state index is -0.111. The van der Waals surface area contributed by atoms with Crippen LogP contribution in [-0.4, -0.2) is 17.4 Å². The van der Waals surface area contributed by atoms with Gasteiger partial charge in [0.1, 0.15) is 0 Å². The van der Waals surface area contributed by atoms with E-state index in [1.54, 1.807) is 18.3 Å². The molecule has 0 spiro atoms. The molecule has 0 aliphatic heterocycles. The fraction of sp³-hybridized carbons (Fsp3) is 0.364. The van der Waals surface area contributed by atoms with Gasteiger partial charge in [-0.05, 0) is 25.0 Å². The van der Waals surface area contributed by atoms with Crippen molar-refractivity contribution in [3.63, 3.8) is 0 Å². The number of hydrogen-bond donors (Lipinski definition) is 1. The van der Waals surface area contributed by atoms with Gasteiger partial charge in [0.15, 0.2) is 0 Å². The molecule has 1 aromatic heterocycles. The van der Waals surface area contributed by atoms with Crippen LogP contribution in [-0.2, 0) is 0 Å². The number of rotatable bonds is 5. The first-order chi connectivity index (χ1) is 7.34. The molecule has 0 atom stereocenters. The molecule has 1 heterocycles. The van der Waals surface area contributed by atoms with Gasteiger partial charge in [-0.1, -0.05) is 0 Å². The van der Waals surface area contributed by atoms with Crippen molar-refractivity contribution < 1.29 is 4.79 Å². The summed E-state index contributed by atoms with van der Waals surface area (Å²) in [5.74, 6) is -0.111. The Morgan fingerprint density at radius 3 is 3.07 bits per heavy atom. The second-order valence-corrected chi connectivity index (χ2v) is 3.11. The maximum absolute atomic E-state index is 11.5. The number of nitrogens with one attached hydrogen (secondary N) is 1. The van der Waals surface area contributed by atoms with Gasteiger partial charge in [0.25, 0.3) is 5.91 Å². The molecule has 1 amide bonds. The number of nitriles is 1. The van der Waals surface area contributed by atoms with Crippen LogP contribution in [0.3, 0.4) is 0 Å². The van der Waals surface area contributed by atoms with Gasteiger partial charge in [-0.15, -0.1) is 0 Å². The minimum absolute atomic E-state index is 0.111. The summed E-state index contributed by atoms with van der Waals surface area (Å²) in [6, 6.07) is 5.51. The van der Waals surface area contributed by atoms with E-state index in [1.807, 2.05) is 0 Å². The van der Waals surface area contributed by atoms with Crippen molar-refractivity contribution in [3.8, 4) is 6.07 Å². The highest BCUT2D eigenvalue weighted by molar-refractivity contribution is 5.93. The minimum Gasteiger partial charge on any atom is -0.352 e. The number of unbranched alkanes of at least 4 members (excludes halogenated alkanes) is 2. The predicted octanol–water partition coefficient (Wildman–Crippen LogP) is 1.51. The second-order valence-electron chi connectivity index (χ2n) is 3.11. The van der Waals surface area contributed by atoms with Gasteiger partial charge in [-0.2, -0.15) is 5.26 Å². The van der Waals surface area contributed by atoms with E-state index in [-0.39, 0.29) is 5.91 Å². The first kappa shape index (κ1) is 11.2. The van der Waals surface area contributed by atoms with Crippen molar-refractivity contribution in [1.29, 1.82) is 5.26 Å². The maximum atomic E-state index is 11.5. The molecule has 1 rings (SSSR count). The molecule has 0 aromatic carbocycles. The van der Waals surface area contributed by atoms with Crippen LogP contribution in [0.25, 0.3) is 0 Å². The molecule has 0 saturated heterocycles. The fourth-order valence-electron chi connectivity index (χ4n) is 1.13. The third kappa shape index (κ3) is 4.23. The molecule has 1 N–H and O–H groups in total. The largest absolute Gasteiger partial charge is 0.352 e. The lowest BCUT2D eigenvalue weighted by atomic mass is 10.2. The van der Waals surface area contributed by atoms with E-state index in [2.05, 4.69) is 16.4 Å². The van der Waals surface area contributed by atoms with Crippen molar-refractivity contribution in [1.82, 2.24) is 10.3 Å². The van der Waals surface area contributed by atoms with Crippen LogP contribution in [0, 0.1) is 11.3 Å². The summed E-state index contributed by atoms with van der Waals surface area (Å²) in [6.45, 7) is 0.607. The van der Waals surface area contributed by atoms with Crippen LogP contribution in [0.2, 0.25) is 0 Å². The van der Waals surface area contributed by atoms with Crippen LogP contribution in [0.5, 0.6) is 0 Å². The van der Waals surface area contributed by atoms with Crippen molar-refractivity contribution in [2.75, 3.05) is 6.54 Å². The van der Waals surface area contributed by atoms with Crippen LogP contribution in [0.1, 0.15) is 29.6 Å². The maximum Gasteiger partial charge on any atom is 0.252 e. The third-order valence-electron chi connectivity index (χ3n) is 1.92. The standard InChI is InChI=1S/C11H13N3O/c12-6-2-1-3-8-14-11(15)10-5-4-7-13-9-10/h4-5,7,9H,1-3,8H2,(H,14,15). The molecule has 4 nitrogen and oxygen atoms in total. The summed E-state index contributed by atoms with van der Waals surface area (Å²) in [7, 11) is 0. The van der Waals surface area contributed by atoms with Gasteiger partial charge >= 0.3 is 0 Å². The average Bonchev–Trinajstić information content (AvgIpc) is 2.30. The summed E-state index contributed by atoms with van der Waals surface area (Å²) in [6.07, 6.45) is 5.36. The van der Waals surface area contributed by atoms with Crippen LogP contribution < -0.4 is 5.32 Å². The Morgan fingerprint density at radius 1 is 1.53 bits per heavy atom. The zero-order chi connectivity index (χ0) is 10.9. The monoisotopic (exact) mass is 203 g/mol. The smallest absolute Gasteiger partial charge is 0.252 e. The number of aromatic nitrogens is 1. The van der Waals surface area contributed by atoms with Gasteiger partial charge in [-0.25, -0.2) is 0 Å². The van der Waals surface area contributed by atoms with Gasteiger partial charge in [0.2, 0.25) is 0 Å². The molecule has 1 aromatic rings. The van der Waals surface area contributed by atoms with Crippen molar-refractivity contribution in [2.45, 2.75) is 19.3 Å². The number of amides is 1. The Balaban J connectivity index is 2.23. The predicted molar refractivity (Wildman–Crippen MR) is 56.0 cm³/mol. The van der Waals surface area contributed by atoms with Crippen LogP contribution in [0.4, 0.5) is 0 Å². The molecule has 0 aliphatic carbocycles. The van der Waals surface area contributed by atoms with E-state index in [0.717, 1.165) is 12.8 Å². The molecular formula is C11H13N3O. The average molecular weight is 203 g/mol. The summed E-state index contributed by atoms with van der Waals surface area (Å²) >= 11 is 0. The van der Waals surface area contributed by atoms with Gasteiger partial charge in [0.05, 0.1) is 11.6 Å². The number of nitrogens with zero attached hydrogens (tertiary/aromatic N) is 2. The summed E-state index contributed by atoms with van der Waals surface area (Å²) in [4.78, 5) is 15.3. The Morgan fingerprint density at radius 2 is 2.40 bits per heavy atom. The van der Waals surface area contributed by atoms with E-state index in [4.69, 9.17) is 5.26 Å². The summed E-state index contributed by atoms with van der Waals surface area (Å²) in [5.41, 5.74) is 0.567. The van der Waals surface area contributed by atoms with E-state index >= 15 is 0 Å². The first-order valence-electron chi connectivity index (χ1n) is 4.90. The fourth-order valence-corrected chi connectivity index (χ4v) is 1.13. The molecule has 0 aliphatic rings. The van der Waals surface area contributed by atoms with Crippen molar-refractivity contribution in [2.24, 2.45) is 0 Å². The molecule has 0 radical (unpaired) electrons. The van der Waals surface area contributed by atoms with E-state index in [9.17, 15) is 4.79 Å². The van der Waals surface area contributed by atoms with Crippen LogP contribution in [0.15, 0.2) is 24.5 Å². The highest BCUT2D eigenvalue weighted by Crippen LogP contribution is 1.96. The molecule has 0 unspecified atom stereocenters. The number of hydrogen-bond acceptors (Lipinski definition) is 3. The van der Waals surface area contributed by atoms with E-state index < -0.39 is 0 Å². The van der Waals surface area contributed by atoms with E-state index in [1.165, 1.54) is 6.20 Å². The first-order valence-corrected chi connectivity index (χ1v) is 4.90. The molecular weight excluding hydrogens is 190 g/mol. The van der Waals surface area contributed by atoms with Crippen molar-refractivity contribution >= 4 is 5.91 Å². The zero-order valence-corrected chi connectivity index (χ0v) is 8.44. The van der Waals surface area contributed by atoms with E-state index in [0.29, 0.717) is 18.5 Å². The molecule has 78 valence electrons. The number of carbonyl (C=O) groups excluding carboxylic acids is 1. The number of carbonyl (C=O) groups is 1. The van der Waals surface area contributed by atoms with Crippen molar-refractivity contribution in [3.05, 3.63) is 30.1 Å². The van der Waals surface area contributed by atoms with Gasteiger partial charge in [-0.3, -0.25) is 9.78 Å². The lowest BCUT2D eigenvalue weighted by Crippen LogP contribution is -2.24. The molecule has 15 heavy (non-hydrogen) atoms. The Kier molecular flexibility index (Phi) is 4.88. The van der Waals surface area contributed by atoms with Crippen LogP contribution >= 0.6 is 0 Å². The normalized spacial score (nSPS) is 9.27. The lowest BCUT2D eigenvalue weighted by molar-refractivity contribution is 0.0952. The summed E-state index contributed by atoms with van der Waals surface area (Å²) < 4.78 is 0. The van der Waals surface area contributed by atoms with Gasteiger partial charge in [0, 0.05) is 25.4 Å². The Hall–Kier alpha value is -1.89. The Labute approximate surface area is 88.9 Å². The molecule has 0 bridgehead atoms. The highest BCUT2D eigenvalue weighted by Gasteiger charge is 2.02. The summed E-state index contributed by atoms with van der Waals surface area (Å²) in [5, 5.41) is 11.1. The lowest BCUT2D eigenvalue weighted by Gasteiger charge is -2.03. The molecule has 4 heteroatoms. The Bertz CT molecular complexity index is 343. The van der Waals surface area contributed by atoms with Gasteiger partial charge < -0.3 is 5.32 Å². The highest BCUT2D eigenvalue weighted by atomic mass is 16.1. The third-order valence-corrected chi connectivity index (χ3v) is 1.92. The molecule has 0 saturated carbocycles. The molecule has 0 fully saturated rings. The quantitative estimate of drug-likeness (QED) is 0.737. The topological polar surface area (TPSA) is 65.8 Å². The SMILES string of the molecule is N#CCCCCNC(=O)c1cccnc1. The number of pyridine rings is 1. The second kappa shape index (κ2) is 6.55.